The second-order valence-electron chi connectivity index (χ2n) is 11.1. The van der Waals surface area contributed by atoms with E-state index in [1.165, 1.54) is 15.8 Å². The van der Waals surface area contributed by atoms with Crippen molar-refractivity contribution in [1.29, 1.82) is 0 Å². The van der Waals surface area contributed by atoms with Crippen LogP contribution >= 0.6 is 0 Å². The summed E-state index contributed by atoms with van der Waals surface area (Å²) >= 11 is 0. The summed E-state index contributed by atoms with van der Waals surface area (Å²) < 4.78 is 9.09. The maximum absolute atomic E-state index is 13.0. The second-order valence-corrected chi connectivity index (χ2v) is 11.1. The molecule has 0 fully saturated rings. The monoisotopic (exact) mass is 549 g/mol. The molecule has 0 bridgehead atoms. The highest BCUT2D eigenvalue weighted by molar-refractivity contribution is 5.65. The summed E-state index contributed by atoms with van der Waals surface area (Å²) in [5.41, 5.74) is 6.59. The van der Waals surface area contributed by atoms with E-state index < -0.39 is 11.3 Å². The van der Waals surface area contributed by atoms with Gasteiger partial charge >= 0.3 is 5.76 Å². The van der Waals surface area contributed by atoms with E-state index in [2.05, 4.69) is 43.9 Å². The molecule has 4 aromatic heterocycles. The molecule has 3 N–H and O–H groups in total. The summed E-state index contributed by atoms with van der Waals surface area (Å²) in [6.45, 7) is 5.83. The first-order chi connectivity index (χ1) is 19.8. The molecule has 2 atom stereocenters. The zero-order valence-corrected chi connectivity index (χ0v) is 23.3. The Balaban J connectivity index is 1.42. The van der Waals surface area contributed by atoms with Crippen molar-refractivity contribution in [3.05, 3.63) is 111 Å². The Morgan fingerprint density at radius 3 is 2.71 bits per heavy atom. The van der Waals surface area contributed by atoms with Crippen LogP contribution < -0.4 is 16.4 Å². The van der Waals surface area contributed by atoms with Crippen molar-refractivity contribution < 1.29 is 4.42 Å². The third-order valence-electron chi connectivity index (χ3n) is 7.87. The average molecular weight is 550 g/mol. The molecule has 2 aliphatic rings. The van der Waals surface area contributed by atoms with Gasteiger partial charge in [0, 0.05) is 42.6 Å². The maximum Gasteiger partial charge on any atom is 0.437 e. The molecule has 2 aliphatic heterocycles. The van der Waals surface area contributed by atoms with Gasteiger partial charge in [-0.2, -0.15) is 9.78 Å². The van der Waals surface area contributed by atoms with Crippen molar-refractivity contribution in [2.45, 2.75) is 51.2 Å². The molecule has 0 radical (unpaired) electrons. The molecule has 208 valence electrons. The van der Waals surface area contributed by atoms with Crippen molar-refractivity contribution in [1.82, 2.24) is 39.8 Å². The number of benzene rings is 1. The highest BCUT2D eigenvalue weighted by atomic mass is 16.4. The number of hydrogen-bond acceptors (Lipinski definition) is 8. The lowest BCUT2D eigenvalue weighted by Gasteiger charge is -2.44. The molecule has 41 heavy (non-hydrogen) atoms. The van der Waals surface area contributed by atoms with Crippen LogP contribution in [0.2, 0.25) is 0 Å². The highest BCUT2D eigenvalue weighted by Gasteiger charge is 2.52. The Labute approximate surface area is 236 Å². The van der Waals surface area contributed by atoms with Gasteiger partial charge in [0.05, 0.1) is 24.0 Å². The number of aryl methyl sites for hydroxylation is 2. The first-order valence-corrected chi connectivity index (χ1v) is 13.7. The third-order valence-corrected chi connectivity index (χ3v) is 7.87. The van der Waals surface area contributed by atoms with Crippen LogP contribution in [0.1, 0.15) is 60.8 Å². The average Bonchev–Trinajstić information content (AvgIpc) is 3.72. The Hall–Kier alpha value is -4.77. The summed E-state index contributed by atoms with van der Waals surface area (Å²) in [4.78, 5) is 25.9. The van der Waals surface area contributed by atoms with Crippen LogP contribution in [0.5, 0.6) is 0 Å². The lowest BCUT2D eigenvalue weighted by atomic mass is 9.76. The van der Waals surface area contributed by atoms with E-state index in [4.69, 9.17) is 14.5 Å². The van der Waals surface area contributed by atoms with Gasteiger partial charge < -0.3 is 14.7 Å². The molecular formula is C30H31N9O2. The molecule has 0 saturated carbocycles. The minimum Gasteiger partial charge on any atom is -0.389 e. The molecule has 1 unspecified atom stereocenters. The van der Waals surface area contributed by atoms with Crippen LogP contribution in [0.15, 0.2) is 81.7 Å². The van der Waals surface area contributed by atoms with E-state index in [0.29, 0.717) is 6.42 Å². The lowest BCUT2D eigenvalue weighted by molar-refractivity contribution is 0.282. The molecule has 11 heteroatoms. The van der Waals surface area contributed by atoms with E-state index >= 15 is 0 Å². The maximum atomic E-state index is 13.0. The first-order valence-electron chi connectivity index (χ1n) is 13.7. The van der Waals surface area contributed by atoms with Crippen LogP contribution in [0.4, 0.5) is 5.69 Å². The SMILES string of the molecule is Cc1ccc(-c2c[nH]c([C@H]3CC4=C(Nc5ccccc5C4)C(c4cnn(C)c4)(c4nn(C(C)C)c(=O)o4)N3)n2)nc1. The number of rotatable bonds is 5. The molecule has 6 heterocycles. The van der Waals surface area contributed by atoms with Gasteiger partial charge in [-0.05, 0) is 62.4 Å². The number of nitrogens with zero attached hydrogens (tertiary/aromatic N) is 6. The number of hydrogen-bond donors (Lipinski definition) is 3. The van der Waals surface area contributed by atoms with Crippen LogP contribution in [0.3, 0.4) is 0 Å². The summed E-state index contributed by atoms with van der Waals surface area (Å²) in [6, 6.07) is 11.8. The minimum atomic E-state index is -1.13. The number of imidazole rings is 1. The molecule has 0 saturated heterocycles. The standard InChI is InChI=1S/C30H31N9O2/c1-17(2)39-29(40)41-28(37-39)30(21-14-33-38(4)16-21)26-20(11-19-7-5-6-8-22(19)34-26)12-24(36-30)27-32-15-25(35-27)23-10-9-18(3)13-31-23/h5-10,13-17,24,34,36H,11-12H2,1-4H3,(H,32,35)/t24-,30?/m1/s1. The van der Waals surface area contributed by atoms with Gasteiger partial charge in [-0.3, -0.25) is 15.0 Å². The van der Waals surface area contributed by atoms with Gasteiger partial charge in [0.15, 0.2) is 5.54 Å². The zero-order chi connectivity index (χ0) is 28.3. The number of para-hydroxylation sites is 1. The molecular weight excluding hydrogens is 518 g/mol. The van der Waals surface area contributed by atoms with Crippen LogP contribution in [0.25, 0.3) is 11.4 Å². The molecule has 0 spiro atoms. The molecule has 0 amide bonds. The summed E-state index contributed by atoms with van der Waals surface area (Å²) in [6.07, 6.45) is 8.86. The van der Waals surface area contributed by atoms with E-state index in [1.54, 1.807) is 10.9 Å². The van der Waals surface area contributed by atoms with Crippen molar-refractivity contribution in [3.63, 3.8) is 0 Å². The molecule has 11 nitrogen and oxygen atoms in total. The van der Waals surface area contributed by atoms with Crippen molar-refractivity contribution in [3.8, 4) is 11.4 Å². The van der Waals surface area contributed by atoms with Crippen molar-refractivity contribution in [2.24, 2.45) is 7.05 Å². The van der Waals surface area contributed by atoms with E-state index in [1.807, 2.05) is 64.6 Å². The number of fused-ring (bicyclic) bond motifs is 1. The number of aromatic amines is 1. The highest BCUT2D eigenvalue weighted by Crippen LogP contribution is 2.48. The number of nitrogens with one attached hydrogen (secondary N) is 3. The smallest absolute Gasteiger partial charge is 0.389 e. The number of anilines is 1. The first kappa shape index (κ1) is 25.2. The number of pyridine rings is 1. The predicted octanol–water partition coefficient (Wildman–Crippen LogP) is 4.14. The summed E-state index contributed by atoms with van der Waals surface area (Å²) in [7, 11) is 1.87. The largest absolute Gasteiger partial charge is 0.437 e. The van der Waals surface area contributed by atoms with Crippen LogP contribution in [-0.4, -0.2) is 34.5 Å². The second kappa shape index (κ2) is 9.41. The topological polar surface area (TPSA) is 131 Å². The van der Waals surface area contributed by atoms with E-state index in [9.17, 15) is 4.79 Å². The normalized spacial score (nSPS) is 20.2. The number of H-pyrrole nitrogens is 1. The molecule has 5 aromatic rings. The fourth-order valence-electron chi connectivity index (χ4n) is 5.83. The molecule has 0 aliphatic carbocycles. The molecule has 7 rings (SSSR count). The van der Waals surface area contributed by atoms with E-state index in [-0.39, 0.29) is 18.0 Å². The van der Waals surface area contributed by atoms with E-state index in [0.717, 1.165) is 46.1 Å². The van der Waals surface area contributed by atoms with Crippen LogP contribution in [0, 0.1) is 6.92 Å². The summed E-state index contributed by atoms with van der Waals surface area (Å²) in [5.74, 6) is 0.498. The van der Waals surface area contributed by atoms with Gasteiger partial charge in [0.2, 0.25) is 5.89 Å². The minimum absolute atomic E-state index is 0.173. The molecule has 1 aromatic carbocycles. The Morgan fingerprint density at radius 2 is 1.98 bits per heavy atom. The fraction of sp³-hybridized carbons (Fsp3) is 0.300. The van der Waals surface area contributed by atoms with Crippen molar-refractivity contribution in [2.75, 3.05) is 5.32 Å². The van der Waals surface area contributed by atoms with Gasteiger partial charge in [-0.15, -0.1) is 5.10 Å². The Morgan fingerprint density at radius 1 is 1.12 bits per heavy atom. The predicted molar refractivity (Wildman–Crippen MR) is 153 cm³/mol. The van der Waals surface area contributed by atoms with Gasteiger partial charge in [0.1, 0.15) is 11.5 Å². The van der Waals surface area contributed by atoms with Gasteiger partial charge in [0.25, 0.3) is 0 Å². The number of aromatic nitrogens is 7. The Bertz CT molecular complexity index is 1840. The lowest BCUT2D eigenvalue weighted by Crippen LogP contribution is -2.53. The van der Waals surface area contributed by atoms with Gasteiger partial charge in [-0.1, -0.05) is 24.3 Å². The van der Waals surface area contributed by atoms with Crippen molar-refractivity contribution >= 4 is 5.69 Å². The van der Waals surface area contributed by atoms with Gasteiger partial charge in [-0.25, -0.2) is 9.78 Å². The Kier molecular flexibility index (Phi) is 5.79. The third kappa shape index (κ3) is 4.12. The fourth-order valence-corrected chi connectivity index (χ4v) is 5.83. The quantitative estimate of drug-likeness (QED) is 0.298. The summed E-state index contributed by atoms with van der Waals surface area (Å²) in [5, 5.41) is 16.8. The zero-order valence-electron chi connectivity index (χ0n) is 23.3. The van der Waals surface area contributed by atoms with Crippen LogP contribution in [-0.2, 0) is 19.0 Å².